The number of aromatic nitrogens is 2. The van der Waals surface area contributed by atoms with E-state index in [1.807, 2.05) is 42.5 Å². The molecule has 0 radical (unpaired) electrons. The van der Waals surface area contributed by atoms with Crippen molar-refractivity contribution >= 4 is 40.1 Å². The van der Waals surface area contributed by atoms with Crippen molar-refractivity contribution in [1.29, 1.82) is 0 Å². The van der Waals surface area contributed by atoms with Crippen molar-refractivity contribution in [3.8, 4) is 11.5 Å². The first-order valence-electron chi connectivity index (χ1n) is 9.07. The van der Waals surface area contributed by atoms with E-state index in [9.17, 15) is 9.59 Å². The van der Waals surface area contributed by atoms with E-state index < -0.39 is 5.97 Å². The molecule has 4 rings (SSSR count). The molecule has 0 atom stereocenters. The van der Waals surface area contributed by atoms with E-state index in [1.165, 1.54) is 7.11 Å². The number of fused-ring (bicyclic) bond motifs is 1. The third-order valence-corrected chi connectivity index (χ3v) is 5.16. The van der Waals surface area contributed by atoms with Crippen LogP contribution in [0.1, 0.15) is 10.4 Å². The highest BCUT2D eigenvalue weighted by Crippen LogP contribution is 2.29. The number of anilines is 1. The summed E-state index contributed by atoms with van der Waals surface area (Å²) in [4.78, 5) is 23.6. The molecule has 1 aromatic heterocycles. The molecule has 0 saturated carbocycles. The van der Waals surface area contributed by atoms with Crippen LogP contribution in [0.2, 0.25) is 0 Å². The minimum atomic E-state index is -0.429. The number of amides is 1. The van der Waals surface area contributed by atoms with Gasteiger partial charge in [-0.25, -0.2) is 4.79 Å². The zero-order valence-electron chi connectivity index (χ0n) is 16.0. The normalized spacial score (nSPS) is 10.7. The number of rotatable bonds is 6. The number of benzene rings is 3. The lowest BCUT2D eigenvalue weighted by atomic mass is 10.0. The molecular weight excluding hydrogens is 402 g/mol. The Kier molecular flexibility index (Phi) is 5.76. The van der Waals surface area contributed by atoms with Gasteiger partial charge in [0.15, 0.2) is 0 Å². The summed E-state index contributed by atoms with van der Waals surface area (Å²) in [6.07, 6.45) is 0. The Morgan fingerprint density at radius 1 is 1.00 bits per heavy atom. The number of carbonyl (C=O) groups excluding carboxylic acids is 2. The number of methoxy groups -OCH3 is 1. The van der Waals surface area contributed by atoms with Gasteiger partial charge < -0.3 is 14.5 Å². The molecule has 1 amide bonds. The van der Waals surface area contributed by atoms with E-state index in [2.05, 4.69) is 20.3 Å². The number of hydrogen-bond acceptors (Lipinski definition) is 7. The number of carbonyl (C=O) groups is 2. The van der Waals surface area contributed by atoms with Gasteiger partial charge in [0.05, 0.1) is 18.4 Å². The van der Waals surface area contributed by atoms with Gasteiger partial charge in [0.25, 0.3) is 5.22 Å². The molecule has 3 aromatic carbocycles. The van der Waals surface area contributed by atoms with Crippen molar-refractivity contribution in [2.45, 2.75) is 5.22 Å². The Balaban J connectivity index is 1.38. The summed E-state index contributed by atoms with van der Waals surface area (Å²) in [6, 6.07) is 20.3. The third kappa shape index (κ3) is 4.33. The van der Waals surface area contributed by atoms with Gasteiger partial charge >= 0.3 is 5.97 Å². The molecule has 7 nitrogen and oxygen atoms in total. The van der Waals surface area contributed by atoms with Crippen LogP contribution in [0.15, 0.2) is 76.4 Å². The van der Waals surface area contributed by atoms with Gasteiger partial charge in [-0.3, -0.25) is 4.79 Å². The summed E-state index contributed by atoms with van der Waals surface area (Å²) in [5, 5.41) is 13.3. The number of esters is 1. The van der Waals surface area contributed by atoms with Crippen molar-refractivity contribution in [1.82, 2.24) is 10.2 Å². The van der Waals surface area contributed by atoms with Gasteiger partial charge in [-0.2, -0.15) is 0 Å². The summed E-state index contributed by atoms with van der Waals surface area (Å²) in [5.74, 6) is -0.138. The van der Waals surface area contributed by atoms with Crippen LogP contribution in [0.4, 0.5) is 5.69 Å². The van der Waals surface area contributed by atoms with Crippen LogP contribution in [0.3, 0.4) is 0 Å². The van der Waals surface area contributed by atoms with Gasteiger partial charge in [-0.1, -0.05) is 48.2 Å². The molecule has 150 valence electrons. The smallest absolute Gasteiger partial charge is 0.337 e. The Hall–Kier alpha value is -3.65. The van der Waals surface area contributed by atoms with Crippen molar-refractivity contribution in [2.75, 3.05) is 18.2 Å². The maximum absolute atomic E-state index is 12.2. The molecule has 0 bridgehead atoms. The highest BCUT2D eigenvalue weighted by atomic mass is 32.2. The second-order valence-corrected chi connectivity index (χ2v) is 7.23. The molecule has 30 heavy (non-hydrogen) atoms. The topological polar surface area (TPSA) is 94.3 Å². The van der Waals surface area contributed by atoms with Crippen LogP contribution in [-0.4, -0.2) is 34.9 Å². The molecular formula is C22H17N3O4S. The first-order valence-corrected chi connectivity index (χ1v) is 10.1. The molecule has 4 aromatic rings. The highest BCUT2D eigenvalue weighted by molar-refractivity contribution is 7.99. The number of thioether (sulfide) groups is 1. The number of nitrogens with zero attached hydrogens (tertiary/aromatic N) is 2. The lowest BCUT2D eigenvalue weighted by molar-refractivity contribution is -0.113. The van der Waals surface area contributed by atoms with Crippen LogP contribution >= 0.6 is 11.8 Å². The molecule has 0 unspecified atom stereocenters. The molecule has 0 aliphatic carbocycles. The number of ether oxygens (including phenoxy) is 1. The first kappa shape index (κ1) is 19.7. The number of hydrogen-bond donors (Lipinski definition) is 1. The minimum absolute atomic E-state index is 0.107. The predicted octanol–water partition coefficient (Wildman–Crippen LogP) is 4.41. The average molecular weight is 419 g/mol. The SMILES string of the molecule is COC(=O)c1ccc(NC(=O)CSc2nnc(-c3cccc4ccccc34)o2)cc1. The van der Waals surface area contributed by atoms with Crippen LogP contribution < -0.4 is 5.32 Å². The van der Waals surface area contributed by atoms with Gasteiger partial charge in [-0.15, -0.1) is 10.2 Å². The maximum atomic E-state index is 12.2. The van der Waals surface area contributed by atoms with Gasteiger partial charge in [-0.05, 0) is 41.1 Å². The Morgan fingerprint density at radius 3 is 2.57 bits per heavy atom. The van der Waals surface area contributed by atoms with Crippen molar-refractivity contribution < 1.29 is 18.7 Å². The Labute approximate surface area is 176 Å². The van der Waals surface area contributed by atoms with Crippen molar-refractivity contribution in [2.24, 2.45) is 0 Å². The molecule has 8 heteroatoms. The van der Waals surface area contributed by atoms with E-state index in [4.69, 9.17) is 4.42 Å². The monoisotopic (exact) mass is 419 g/mol. The maximum Gasteiger partial charge on any atom is 0.337 e. The Bertz CT molecular complexity index is 1200. The van der Waals surface area contributed by atoms with Crippen molar-refractivity contribution in [3.05, 3.63) is 72.3 Å². The van der Waals surface area contributed by atoms with E-state index >= 15 is 0 Å². The van der Waals surface area contributed by atoms with E-state index in [-0.39, 0.29) is 11.7 Å². The zero-order valence-corrected chi connectivity index (χ0v) is 16.8. The second kappa shape index (κ2) is 8.79. The summed E-state index contributed by atoms with van der Waals surface area (Å²) in [7, 11) is 1.32. The Morgan fingerprint density at radius 2 is 1.77 bits per heavy atom. The van der Waals surface area contributed by atoms with E-state index in [0.29, 0.717) is 22.4 Å². The fraction of sp³-hybridized carbons (Fsp3) is 0.0909. The van der Waals surface area contributed by atoms with Crippen LogP contribution in [0.5, 0.6) is 0 Å². The molecule has 0 saturated heterocycles. The lowest BCUT2D eigenvalue weighted by Crippen LogP contribution is -2.14. The fourth-order valence-electron chi connectivity index (χ4n) is 2.92. The van der Waals surface area contributed by atoms with E-state index in [1.54, 1.807) is 24.3 Å². The molecule has 0 aliphatic rings. The molecule has 0 fully saturated rings. The van der Waals surface area contributed by atoms with Crippen LogP contribution in [0, 0.1) is 0 Å². The number of nitrogens with one attached hydrogen (secondary N) is 1. The molecule has 1 heterocycles. The molecule has 1 N–H and O–H groups in total. The van der Waals surface area contributed by atoms with Crippen LogP contribution in [-0.2, 0) is 9.53 Å². The van der Waals surface area contributed by atoms with Crippen molar-refractivity contribution in [3.63, 3.8) is 0 Å². The zero-order chi connectivity index (χ0) is 20.9. The fourth-order valence-corrected chi connectivity index (χ4v) is 3.48. The standard InChI is InChI=1S/C22H17N3O4S/c1-28-21(27)15-9-11-16(12-10-15)23-19(26)13-30-22-25-24-20(29-22)18-8-4-6-14-5-2-3-7-17(14)18/h2-12H,13H2,1H3,(H,23,26). The summed E-state index contributed by atoms with van der Waals surface area (Å²) in [6.45, 7) is 0. The van der Waals surface area contributed by atoms with E-state index in [0.717, 1.165) is 28.1 Å². The van der Waals surface area contributed by atoms with Gasteiger partial charge in [0, 0.05) is 11.3 Å². The van der Waals surface area contributed by atoms with Gasteiger partial charge in [0.1, 0.15) is 0 Å². The highest BCUT2D eigenvalue weighted by Gasteiger charge is 2.13. The lowest BCUT2D eigenvalue weighted by Gasteiger charge is -2.05. The third-order valence-electron chi connectivity index (χ3n) is 4.34. The quantitative estimate of drug-likeness (QED) is 0.365. The molecule has 0 spiro atoms. The summed E-state index contributed by atoms with van der Waals surface area (Å²) >= 11 is 1.15. The summed E-state index contributed by atoms with van der Waals surface area (Å²) in [5.41, 5.74) is 1.84. The first-order chi connectivity index (χ1) is 14.6. The van der Waals surface area contributed by atoms with Crippen LogP contribution in [0.25, 0.3) is 22.2 Å². The average Bonchev–Trinajstić information content (AvgIpc) is 3.26. The molecule has 0 aliphatic heterocycles. The minimum Gasteiger partial charge on any atom is -0.465 e. The predicted molar refractivity (Wildman–Crippen MR) is 114 cm³/mol. The second-order valence-electron chi connectivity index (χ2n) is 6.31. The largest absolute Gasteiger partial charge is 0.465 e. The van der Waals surface area contributed by atoms with Gasteiger partial charge in [0.2, 0.25) is 11.8 Å². The summed E-state index contributed by atoms with van der Waals surface area (Å²) < 4.78 is 10.4.